The van der Waals surface area contributed by atoms with Crippen molar-refractivity contribution in [3.05, 3.63) is 71.3 Å². The van der Waals surface area contributed by atoms with Crippen molar-refractivity contribution >= 4 is 17.3 Å². The van der Waals surface area contributed by atoms with Crippen molar-refractivity contribution in [3.8, 4) is 20.9 Å². The normalized spacial score (nSPS) is 13.0. The molecule has 2 nitrogen and oxygen atoms in total. The van der Waals surface area contributed by atoms with Gasteiger partial charge in [-0.25, -0.2) is 4.79 Å². The fraction of sp³-hybridized carbons (Fsp3) is 0.105. The summed E-state index contributed by atoms with van der Waals surface area (Å²) in [7, 11) is 0. The lowest BCUT2D eigenvalue weighted by atomic mass is 10.0. The Labute approximate surface area is 133 Å². The highest BCUT2D eigenvalue weighted by Crippen LogP contribution is 2.37. The van der Waals surface area contributed by atoms with Gasteiger partial charge in [0.15, 0.2) is 0 Å². The number of ether oxygens (including phenoxy) is 1. The Morgan fingerprint density at radius 3 is 2.64 bits per heavy atom. The Balaban J connectivity index is 1.73. The number of rotatable bonds is 2. The van der Waals surface area contributed by atoms with E-state index in [4.69, 9.17) is 4.74 Å². The van der Waals surface area contributed by atoms with Crippen LogP contribution >= 0.6 is 11.3 Å². The predicted octanol–water partition coefficient (Wildman–Crippen LogP) is 5.06. The predicted molar refractivity (Wildman–Crippen MR) is 89.0 cm³/mol. The number of benzene rings is 2. The lowest BCUT2D eigenvalue weighted by Gasteiger charge is -2.02. The van der Waals surface area contributed by atoms with Crippen molar-refractivity contribution in [1.82, 2.24) is 0 Å². The van der Waals surface area contributed by atoms with E-state index in [1.165, 1.54) is 20.9 Å². The number of aryl methyl sites for hydroxylation is 1. The first-order valence-corrected chi connectivity index (χ1v) is 8.00. The summed E-state index contributed by atoms with van der Waals surface area (Å²) in [6.45, 7) is 2.52. The second kappa shape index (κ2) is 5.11. The van der Waals surface area contributed by atoms with E-state index in [-0.39, 0.29) is 5.97 Å². The molecule has 1 aromatic heterocycles. The van der Waals surface area contributed by atoms with Crippen molar-refractivity contribution in [3.63, 3.8) is 0 Å². The Kier molecular flexibility index (Phi) is 3.09. The fourth-order valence-electron chi connectivity index (χ4n) is 2.77. The number of fused-ring (bicyclic) bond motifs is 1. The SMILES string of the molecule is Cc1ccccc1-c1ccc(-c2ccc3c(c2)COC3=O)s1. The highest BCUT2D eigenvalue weighted by Gasteiger charge is 2.21. The van der Waals surface area contributed by atoms with Gasteiger partial charge in [-0.1, -0.05) is 30.3 Å². The van der Waals surface area contributed by atoms with Crippen LogP contribution < -0.4 is 0 Å². The first-order valence-electron chi connectivity index (χ1n) is 7.18. The van der Waals surface area contributed by atoms with E-state index in [2.05, 4.69) is 49.4 Å². The van der Waals surface area contributed by atoms with Crippen LogP contribution in [0.2, 0.25) is 0 Å². The maximum atomic E-state index is 11.5. The highest BCUT2D eigenvalue weighted by atomic mass is 32.1. The van der Waals surface area contributed by atoms with Crippen molar-refractivity contribution in [1.29, 1.82) is 0 Å². The maximum absolute atomic E-state index is 11.5. The molecule has 0 spiro atoms. The van der Waals surface area contributed by atoms with Gasteiger partial charge in [0.05, 0.1) is 5.56 Å². The molecule has 0 saturated heterocycles. The zero-order valence-corrected chi connectivity index (χ0v) is 12.9. The first-order chi connectivity index (χ1) is 10.7. The Morgan fingerprint density at radius 1 is 0.955 bits per heavy atom. The van der Waals surface area contributed by atoms with E-state index in [1.807, 2.05) is 12.1 Å². The van der Waals surface area contributed by atoms with Gasteiger partial charge in [0.25, 0.3) is 0 Å². The third-order valence-electron chi connectivity index (χ3n) is 3.98. The number of esters is 1. The smallest absolute Gasteiger partial charge is 0.338 e. The molecule has 0 atom stereocenters. The second-order valence-corrected chi connectivity index (χ2v) is 6.51. The van der Waals surface area contributed by atoms with Crippen LogP contribution in [-0.2, 0) is 11.3 Å². The van der Waals surface area contributed by atoms with Crippen molar-refractivity contribution in [2.75, 3.05) is 0 Å². The van der Waals surface area contributed by atoms with E-state index in [0.717, 1.165) is 11.1 Å². The van der Waals surface area contributed by atoms with Gasteiger partial charge in [0, 0.05) is 15.3 Å². The molecule has 2 aromatic carbocycles. The van der Waals surface area contributed by atoms with Gasteiger partial charge in [-0.3, -0.25) is 0 Å². The average molecular weight is 306 g/mol. The summed E-state index contributed by atoms with van der Waals surface area (Å²) in [4.78, 5) is 14.0. The van der Waals surface area contributed by atoms with Crippen molar-refractivity contribution in [2.24, 2.45) is 0 Å². The Morgan fingerprint density at radius 2 is 1.77 bits per heavy atom. The molecule has 0 radical (unpaired) electrons. The van der Waals surface area contributed by atoms with Gasteiger partial charge in [-0.15, -0.1) is 11.3 Å². The van der Waals surface area contributed by atoms with E-state index in [0.29, 0.717) is 12.2 Å². The quantitative estimate of drug-likeness (QED) is 0.618. The van der Waals surface area contributed by atoms with Crippen LogP contribution in [-0.4, -0.2) is 5.97 Å². The fourth-order valence-corrected chi connectivity index (χ4v) is 3.87. The third kappa shape index (κ3) is 2.14. The van der Waals surface area contributed by atoms with Gasteiger partial charge < -0.3 is 4.74 Å². The van der Waals surface area contributed by atoms with Gasteiger partial charge in [-0.05, 0) is 47.9 Å². The molecule has 0 amide bonds. The number of carbonyl (C=O) groups excluding carboxylic acids is 1. The summed E-state index contributed by atoms with van der Waals surface area (Å²) in [6.07, 6.45) is 0. The molecule has 0 saturated carbocycles. The molecule has 0 aliphatic carbocycles. The summed E-state index contributed by atoms with van der Waals surface area (Å²) in [5.41, 5.74) is 5.37. The second-order valence-electron chi connectivity index (χ2n) is 5.43. The third-order valence-corrected chi connectivity index (χ3v) is 5.15. The number of hydrogen-bond acceptors (Lipinski definition) is 3. The van der Waals surface area contributed by atoms with Gasteiger partial charge >= 0.3 is 5.97 Å². The Bertz CT molecular complexity index is 877. The summed E-state index contributed by atoms with van der Waals surface area (Å²) in [5.74, 6) is -0.215. The van der Waals surface area contributed by atoms with Crippen molar-refractivity contribution < 1.29 is 9.53 Å². The van der Waals surface area contributed by atoms with E-state index in [9.17, 15) is 4.79 Å². The van der Waals surface area contributed by atoms with Crippen LogP contribution in [0.5, 0.6) is 0 Å². The maximum Gasteiger partial charge on any atom is 0.338 e. The largest absolute Gasteiger partial charge is 0.457 e. The first kappa shape index (κ1) is 13.3. The molecule has 0 unspecified atom stereocenters. The molecule has 2 heterocycles. The van der Waals surface area contributed by atoms with Crippen LogP contribution in [0.1, 0.15) is 21.5 Å². The zero-order valence-electron chi connectivity index (χ0n) is 12.1. The van der Waals surface area contributed by atoms with Crippen LogP contribution in [0.15, 0.2) is 54.6 Å². The molecule has 4 rings (SSSR count). The summed E-state index contributed by atoms with van der Waals surface area (Å²) in [6, 6.07) is 18.7. The minimum atomic E-state index is -0.215. The molecular weight excluding hydrogens is 292 g/mol. The van der Waals surface area contributed by atoms with Crippen LogP contribution in [0.25, 0.3) is 20.9 Å². The molecule has 0 N–H and O–H groups in total. The lowest BCUT2D eigenvalue weighted by molar-refractivity contribution is 0.0535. The molecule has 0 fully saturated rings. The van der Waals surface area contributed by atoms with E-state index in [1.54, 1.807) is 11.3 Å². The standard InChI is InChI=1S/C19H14O2S/c1-12-4-2-3-5-15(12)18-9-8-17(22-18)13-6-7-16-14(10-13)11-21-19(16)20/h2-10H,11H2,1H3. The zero-order chi connectivity index (χ0) is 15.1. The van der Waals surface area contributed by atoms with Gasteiger partial charge in [-0.2, -0.15) is 0 Å². The number of hydrogen-bond donors (Lipinski definition) is 0. The number of carbonyl (C=O) groups is 1. The molecule has 1 aliphatic rings. The minimum absolute atomic E-state index is 0.215. The van der Waals surface area contributed by atoms with Gasteiger partial charge in [0.2, 0.25) is 0 Å². The molecule has 1 aliphatic heterocycles. The average Bonchev–Trinajstić information content (AvgIpc) is 3.15. The lowest BCUT2D eigenvalue weighted by Crippen LogP contribution is -1.92. The highest BCUT2D eigenvalue weighted by molar-refractivity contribution is 7.18. The van der Waals surface area contributed by atoms with Gasteiger partial charge in [0.1, 0.15) is 6.61 Å². The molecular formula is C19H14O2S. The summed E-state index contributed by atoms with van der Waals surface area (Å²) in [5, 5.41) is 0. The van der Waals surface area contributed by atoms with Crippen LogP contribution in [0.4, 0.5) is 0 Å². The van der Waals surface area contributed by atoms with Crippen molar-refractivity contribution in [2.45, 2.75) is 13.5 Å². The summed E-state index contributed by atoms with van der Waals surface area (Å²) >= 11 is 1.77. The van der Waals surface area contributed by atoms with Crippen LogP contribution in [0, 0.1) is 6.92 Å². The minimum Gasteiger partial charge on any atom is -0.457 e. The number of thiophene rings is 1. The van der Waals surface area contributed by atoms with E-state index < -0.39 is 0 Å². The van der Waals surface area contributed by atoms with E-state index >= 15 is 0 Å². The molecule has 3 aromatic rings. The number of cyclic esters (lactones) is 1. The molecule has 22 heavy (non-hydrogen) atoms. The molecule has 0 bridgehead atoms. The Hall–Kier alpha value is -2.39. The van der Waals surface area contributed by atoms with Crippen LogP contribution in [0.3, 0.4) is 0 Å². The summed E-state index contributed by atoms with van der Waals surface area (Å²) < 4.78 is 5.07. The topological polar surface area (TPSA) is 26.3 Å². The molecule has 108 valence electrons. The monoisotopic (exact) mass is 306 g/mol. The molecule has 3 heteroatoms.